The lowest BCUT2D eigenvalue weighted by Gasteiger charge is -2.34. The van der Waals surface area contributed by atoms with Crippen molar-refractivity contribution in [2.24, 2.45) is 5.92 Å². The fourth-order valence-corrected chi connectivity index (χ4v) is 3.50. The van der Waals surface area contributed by atoms with E-state index in [1.807, 2.05) is 24.3 Å². The maximum atomic E-state index is 12.8. The van der Waals surface area contributed by atoms with Gasteiger partial charge in [-0.1, -0.05) is 26.0 Å². The number of ether oxygens (including phenoxy) is 1. The average molecular weight is 340 g/mol. The first-order valence-corrected chi connectivity index (χ1v) is 8.58. The van der Waals surface area contributed by atoms with Gasteiger partial charge >= 0.3 is 0 Å². The molecule has 4 heteroatoms. The molecule has 25 heavy (non-hydrogen) atoms. The molecule has 0 aliphatic heterocycles. The van der Waals surface area contributed by atoms with E-state index >= 15 is 0 Å². The van der Waals surface area contributed by atoms with Gasteiger partial charge in [0.25, 0.3) is 0 Å². The van der Waals surface area contributed by atoms with Gasteiger partial charge in [0.2, 0.25) is 0 Å². The third-order valence-electron chi connectivity index (χ3n) is 5.05. The summed E-state index contributed by atoms with van der Waals surface area (Å²) in [6.45, 7) is 5.68. The highest BCUT2D eigenvalue weighted by atomic mass is 16.5. The lowest BCUT2D eigenvalue weighted by molar-refractivity contribution is -0.135. The van der Waals surface area contributed by atoms with Crippen LogP contribution >= 0.6 is 0 Å². The second-order valence-electron chi connectivity index (χ2n) is 7.17. The van der Waals surface area contributed by atoms with Crippen molar-refractivity contribution in [3.63, 3.8) is 0 Å². The highest BCUT2D eigenvalue weighted by Gasteiger charge is 2.44. The quantitative estimate of drug-likeness (QED) is 0.868. The standard InChI is InChI=1S/C21H24O4/c1-12(2)8-9-21(24)17-11-15-14(6-5-7-18(15)25-4)10-16(17)19(22)13(3)20(21)23/h5-7,10-12,22,24H,8-9H2,1-4H3/t21-/m1/s1. The van der Waals surface area contributed by atoms with Crippen molar-refractivity contribution in [2.75, 3.05) is 7.11 Å². The first-order valence-electron chi connectivity index (χ1n) is 8.58. The van der Waals surface area contributed by atoms with Gasteiger partial charge in [-0.3, -0.25) is 4.79 Å². The van der Waals surface area contributed by atoms with Crippen LogP contribution in [0.15, 0.2) is 35.9 Å². The number of fused-ring (bicyclic) bond motifs is 2. The van der Waals surface area contributed by atoms with Crippen molar-refractivity contribution in [1.82, 2.24) is 0 Å². The Kier molecular flexibility index (Phi) is 4.33. The Morgan fingerprint density at radius 3 is 2.60 bits per heavy atom. The summed E-state index contributed by atoms with van der Waals surface area (Å²) in [5.74, 6) is 0.547. The Hall–Kier alpha value is -2.33. The van der Waals surface area contributed by atoms with Gasteiger partial charge in [-0.25, -0.2) is 0 Å². The van der Waals surface area contributed by atoms with Gasteiger partial charge in [0.05, 0.1) is 7.11 Å². The minimum absolute atomic E-state index is 0.0565. The van der Waals surface area contributed by atoms with E-state index in [0.29, 0.717) is 35.6 Å². The molecule has 0 spiro atoms. The molecule has 0 fully saturated rings. The molecule has 1 aliphatic carbocycles. The molecule has 2 aromatic carbocycles. The number of ketones is 1. The monoisotopic (exact) mass is 340 g/mol. The second kappa shape index (κ2) is 6.19. The van der Waals surface area contributed by atoms with Crippen LogP contribution in [0.1, 0.15) is 44.7 Å². The van der Waals surface area contributed by atoms with Crippen molar-refractivity contribution >= 4 is 22.3 Å². The molecule has 0 aromatic heterocycles. The van der Waals surface area contributed by atoms with Gasteiger partial charge in [0.1, 0.15) is 11.5 Å². The molecule has 2 N–H and O–H groups in total. The SMILES string of the molecule is COc1cccc2cc3c(cc12)[C@](O)(CCC(C)C)C(=O)C(C)=C3O. The summed E-state index contributed by atoms with van der Waals surface area (Å²) in [5, 5.41) is 23.5. The Morgan fingerprint density at radius 1 is 1.24 bits per heavy atom. The lowest BCUT2D eigenvalue weighted by atomic mass is 9.74. The van der Waals surface area contributed by atoms with Crippen LogP contribution < -0.4 is 4.74 Å². The van der Waals surface area contributed by atoms with Gasteiger partial charge in [-0.05, 0) is 49.3 Å². The number of aliphatic hydroxyl groups is 2. The molecular weight excluding hydrogens is 316 g/mol. The molecule has 0 saturated carbocycles. The Morgan fingerprint density at radius 2 is 1.96 bits per heavy atom. The number of Topliss-reactive ketones (excluding diaryl/α,β-unsaturated/α-hetero) is 1. The van der Waals surface area contributed by atoms with Gasteiger partial charge in [0, 0.05) is 22.1 Å². The minimum Gasteiger partial charge on any atom is -0.507 e. The summed E-state index contributed by atoms with van der Waals surface area (Å²) in [6, 6.07) is 9.24. The fourth-order valence-electron chi connectivity index (χ4n) is 3.50. The number of rotatable bonds is 4. The molecular formula is C21H24O4. The number of benzene rings is 2. The van der Waals surface area contributed by atoms with Gasteiger partial charge in [0.15, 0.2) is 11.4 Å². The van der Waals surface area contributed by atoms with E-state index in [0.717, 1.165) is 10.8 Å². The predicted molar refractivity (Wildman–Crippen MR) is 98.7 cm³/mol. The highest BCUT2D eigenvalue weighted by molar-refractivity contribution is 6.11. The zero-order valence-electron chi connectivity index (χ0n) is 15.1. The van der Waals surface area contributed by atoms with Crippen LogP contribution in [-0.2, 0) is 10.4 Å². The van der Waals surface area contributed by atoms with E-state index in [1.165, 1.54) is 0 Å². The van der Waals surface area contributed by atoms with Crippen LogP contribution in [-0.4, -0.2) is 23.1 Å². The normalized spacial score (nSPS) is 20.3. The summed E-state index contributed by atoms with van der Waals surface area (Å²) >= 11 is 0. The fraction of sp³-hybridized carbons (Fsp3) is 0.381. The van der Waals surface area contributed by atoms with Crippen molar-refractivity contribution in [2.45, 2.75) is 39.2 Å². The van der Waals surface area contributed by atoms with E-state index in [-0.39, 0.29) is 11.3 Å². The summed E-state index contributed by atoms with van der Waals surface area (Å²) in [7, 11) is 1.59. The molecule has 4 nitrogen and oxygen atoms in total. The minimum atomic E-state index is -1.62. The van der Waals surface area contributed by atoms with E-state index in [9.17, 15) is 15.0 Å². The molecule has 0 unspecified atom stereocenters. The molecule has 0 saturated heterocycles. The number of methoxy groups -OCH3 is 1. The third-order valence-corrected chi connectivity index (χ3v) is 5.05. The summed E-state index contributed by atoms with van der Waals surface area (Å²) in [4.78, 5) is 12.8. The molecule has 3 rings (SSSR count). The Labute approximate surface area is 147 Å². The van der Waals surface area contributed by atoms with E-state index < -0.39 is 11.4 Å². The maximum absolute atomic E-state index is 12.8. The highest BCUT2D eigenvalue weighted by Crippen LogP contribution is 2.44. The molecule has 2 aromatic rings. The van der Waals surface area contributed by atoms with Gasteiger partial charge in [-0.15, -0.1) is 0 Å². The second-order valence-corrected chi connectivity index (χ2v) is 7.17. The topological polar surface area (TPSA) is 66.8 Å². The zero-order chi connectivity index (χ0) is 18.4. The van der Waals surface area contributed by atoms with Crippen LogP contribution in [0.25, 0.3) is 16.5 Å². The summed E-state index contributed by atoms with van der Waals surface area (Å²) in [6.07, 6.45) is 1.03. The molecule has 1 aliphatic rings. The van der Waals surface area contributed by atoms with Crippen LogP contribution in [0.3, 0.4) is 0 Å². The molecule has 0 amide bonds. The van der Waals surface area contributed by atoms with Gasteiger partial charge in [-0.2, -0.15) is 0 Å². The smallest absolute Gasteiger partial charge is 0.198 e. The zero-order valence-corrected chi connectivity index (χ0v) is 15.1. The largest absolute Gasteiger partial charge is 0.507 e. The number of hydrogen-bond donors (Lipinski definition) is 2. The average Bonchev–Trinajstić information content (AvgIpc) is 2.61. The van der Waals surface area contributed by atoms with Gasteiger partial charge < -0.3 is 14.9 Å². The number of carbonyl (C=O) groups is 1. The van der Waals surface area contributed by atoms with Crippen LogP contribution in [0.2, 0.25) is 0 Å². The van der Waals surface area contributed by atoms with E-state index in [2.05, 4.69) is 13.8 Å². The first-order chi connectivity index (χ1) is 11.8. The molecule has 1 atom stereocenters. The van der Waals surface area contributed by atoms with Crippen LogP contribution in [0.4, 0.5) is 0 Å². The molecule has 0 radical (unpaired) electrons. The third kappa shape index (κ3) is 2.71. The first kappa shape index (κ1) is 17.5. The Bertz CT molecular complexity index is 879. The molecule has 0 bridgehead atoms. The van der Waals surface area contributed by atoms with Crippen molar-refractivity contribution < 1.29 is 19.7 Å². The molecule has 132 valence electrons. The van der Waals surface area contributed by atoms with E-state index in [1.54, 1.807) is 20.1 Å². The van der Waals surface area contributed by atoms with Crippen molar-refractivity contribution in [3.8, 4) is 5.75 Å². The lowest BCUT2D eigenvalue weighted by Crippen LogP contribution is -2.40. The van der Waals surface area contributed by atoms with E-state index in [4.69, 9.17) is 4.74 Å². The number of hydrogen-bond acceptors (Lipinski definition) is 4. The Balaban J connectivity index is 2.30. The summed E-state index contributed by atoms with van der Waals surface area (Å²) < 4.78 is 5.42. The van der Waals surface area contributed by atoms with Crippen LogP contribution in [0.5, 0.6) is 5.75 Å². The maximum Gasteiger partial charge on any atom is 0.198 e. The van der Waals surface area contributed by atoms with Crippen molar-refractivity contribution in [1.29, 1.82) is 0 Å². The van der Waals surface area contributed by atoms with Crippen molar-refractivity contribution in [3.05, 3.63) is 47.0 Å². The number of aliphatic hydroxyl groups excluding tert-OH is 1. The summed E-state index contributed by atoms with van der Waals surface area (Å²) in [5.41, 5.74) is -0.436. The number of carbonyl (C=O) groups excluding carboxylic acids is 1. The molecule has 0 heterocycles. The van der Waals surface area contributed by atoms with Crippen LogP contribution in [0, 0.1) is 5.92 Å². The predicted octanol–water partition coefficient (Wildman–Crippen LogP) is 4.34.